The number of ether oxygens (including phenoxy) is 1. The highest BCUT2D eigenvalue weighted by Gasteiger charge is 2.08. The van der Waals surface area contributed by atoms with E-state index in [2.05, 4.69) is 30.3 Å². The van der Waals surface area contributed by atoms with Crippen LogP contribution < -0.4 is 0 Å². The van der Waals surface area contributed by atoms with E-state index in [1.165, 1.54) is 96.3 Å². The van der Waals surface area contributed by atoms with Crippen molar-refractivity contribution < 1.29 is 9.53 Å². The van der Waals surface area contributed by atoms with Crippen molar-refractivity contribution in [2.75, 3.05) is 12.9 Å². The first kappa shape index (κ1) is 23.8. The third-order valence-electron chi connectivity index (χ3n) is 4.67. The molecule has 0 heterocycles. The van der Waals surface area contributed by atoms with Gasteiger partial charge in [-0.2, -0.15) is 11.8 Å². The summed E-state index contributed by atoms with van der Waals surface area (Å²) in [6.45, 7) is 4.57. The Labute approximate surface area is 155 Å². The number of carbonyl (C=O) groups is 1. The Hall–Kier alpha value is -0.180. The van der Waals surface area contributed by atoms with E-state index in [4.69, 9.17) is 0 Å². The second kappa shape index (κ2) is 19.1. The minimum Gasteiger partial charge on any atom is -0.469 e. The van der Waals surface area contributed by atoms with E-state index in [-0.39, 0.29) is 5.97 Å². The summed E-state index contributed by atoms with van der Waals surface area (Å²) in [4.78, 5) is 11.0. The van der Waals surface area contributed by atoms with Crippen molar-refractivity contribution in [2.24, 2.45) is 0 Å². The van der Waals surface area contributed by atoms with E-state index >= 15 is 0 Å². The van der Waals surface area contributed by atoms with Gasteiger partial charge < -0.3 is 4.74 Å². The molecule has 0 spiro atoms. The normalized spacial score (nSPS) is 12.3. The van der Waals surface area contributed by atoms with Crippen LogP contribution in [0.25, 0.3) is 0 Å². The predicted molar refractivity (Wildman–Crippen MR) is 109 cm³/mol. The summed E-state index contributed by atoms with van der Waals surface area (Å²) in [5.74, 6) is 1.18. The molecule has 0 rings (SSSR count). The van der Waals surface area contributed by atoms with Crippen molar-refractivity contribution in [2.45, 2.75) is 115 Å². The number of rotatable bonds is 18. The van der Waals surface area contributed by atoms with Crippen molar-refractivity contribution in [3.63, 3.8) is 0 Å². The summed E-state index contributed by atoms with van der Waals surface area (Å²) >= 11 is 2.16. The van der Waals surface area contributed by atoms with Gasteiger partial charge in [0, 0.05) is 11.7 Å². The van der Waals surface area contributed by atoms with E-state index in [0.29, 0.717) is 6.42 Å². The Morgan fingerprint density at radius 1 is 0.792 bits per heavy atom. The van der Waals surface area contributed by atoms with Gasteiger partial charge in [0.25, 0.3) is 0 Å². The molecule has 3 heteroatoms. The molecule has 0 aliphatic carbocycles. The molecular weight excluding hydrogens is 316 g/mol. The Bertz CT molecular complexity index is 269. The second-order valence-corrected chi connectivity index (χ2v) is 8.45. The Morgan fingerprint density at radius 2 is 1.29 bits per heavy atom. The highest BCUT2D eigenvalue weighted by molar-refractivity contribution is 7.99. The number of thioether (sulfide) groups is 1. The van der Waals surface area contributed by atoms with E-state index in [1.807, 2.05) is 0 Å². The predicted octanol–water partition coefficient (Wildman–Crippen LogP) is 7.15. The molecule has 2 nitrogen and oxygen atoms in total. The second-order valence-electron chi connectivity index (χ2n) is 6.87. The summed E-state index contributed by atoms with van der Waals surface area (Å²) in [6, 6.07) is 0. The van der Waals surface area contributed by atoms with Crippen LogP contribution in [0.5, 0.6) is 0 Å². The molecule has 0 aromatic heterocycles. The molecule has 0 aromatic carbocycles. The number of carbonyl (C=O) groups excluding carboxylic acids is 1. The maximum absolute atomic E-state index is 11.0. The number of esters is 1. The molecule has 0 amide bonds. The number of unbranched alkanes of at least 4 members (excludes halogenated alkanes) is 10. The molecule has 0 bridgehead atoms. The minimum atomic E-state index is -0.0656. The minimum absolute atomic E-state index is 0.0656. The van der Waals surface area contributed by atoms with Gasteiger partial charge >= 0.3 is 5.97 Å². The average Bonchev–Trinajstić information content (AvgIpc) is 2.59. The van der Waals surface area contributed by atoms with Crippen LogP contribution in [-0.2, 0) is 9.53 Å². The fraction of sp³-hybridized carbons (Fsp3) is 0.952. The average molecular weight is 359 g/mol. The molecule has 1 unspecified atom stereocenters. The van der Waals surface area contributed by atoms with Crippen LogP contribution >= 0.6 is 11.8 Å². The van der Waals surface area contributed by atoms with Gasteiger partial charge in [0.15, 0.2) is 0 Å². The standard InChI is InChI=1S/C21H42O2S/c1-4-6-7-8-9-11-14-17-20(24-5-2)18-15-12-10-13-16-19-21(22)23-3/h20H,4-19H2,1-3H3. The topological polar surface area (TPSA) is 26.3 Å². The first-order chi connectivity index (χ1) is 11.7. The third-order valence-corrected chi connectivity index (χ3v) is 5.94. The first-order valence-electron chi connectivity index (χ1n) is 10.4. The van der Waals surface area contributed by atoms with Crippen molar-refractivity contribution in [1.82, 2.24) is 0 Å². The van der Waals surface area contributed by atoms with E-state index in [9.17, 15) is 4.79 Å². The van der Waals surface area contributed by atoms with E-state index in [1.54, 1.807) is 0 Å². The first-order valence-corrected chi connectivity index (χ1v) is 11.5. The lowest BCUT2D eigenvalue weighted by molar-refractivity contribution is -0.140. The summed E-state index contributed by atoms with van der Waals surface area (Å²) in [7, 11) is 1.47. The highest BCUT2D eigenvalue weighted by atomic mass is 32.2. The highest BCUT2D eigenvalue weighted by Crippen LogP contribution is 2.24. The van der Waals surface area contributed by atoms with Gasteiger partial charge in [-0.1, -0.05) is 84.5 Å². The molecule has 0 saturated heterocycles. The molecule has 24 heavy (non-hydrogen) atoms. The van der Waals surface area contributed by atoms with Crippen LogP contribution in [0.3, 0.4) is 0 Å². The molecular formula is C21H42O2S. The molecule has 0 saturated carbocycles. The van der Waals surface area contributed by atoms with Gasteiger partial charge in [0.1, 0.15) is 0 Å². The zero-order valence-electron chi connectivity index (χ0n) is 16.6. The number of hydrogen-bond acceptors (Lipinski definition) is 3. The fourth-order valence-electron chi connectivity index (χ4n) is 3.15. The van der Waals surface area contributed by atoms with Gasteiger partial charge in [0.2, 0.25) is 0 Å². The lowest BCUT2D eigenvalue weighted by Gasteiger charge is -2.15. The zero-order chi connectivity index (χ0) is 17.9. The van der Waals surface area contributed by atoms with E-state index in [0.717, 1.165) is 11.7 Å². The molecule has 0 fully saturated rings. The molecule has 144 valence electrons. The van der Waals surface area contributed by atoms with Crippen LogP contribution in [0.2, 0.25) is 0 Å². The zero-order valence-corrected chi connectivity index (χ0v) is 17.4. The molecule has 1 atom stereocenters. The van der Waals surface area contributed by atoms with Gasteiger partial charge in [-0.3, -0.25) is 4.79 Å². The summed E-state index contributed by atoms with van der Waals surface area (Å²) in [6.07, 6.45) is 19.4. The molecule has 0 N–H and O–H groups in total. The fourth-order valence-corrected chi connectivity index (χ4v) is 4.29. The monoisotopic (exact) mass is 358 g/mol. The van der Waals surface area contributed by atoms with Crippen LogP contribution in [0.4, 0.5) is 0 Å². The molecule has 0 aliphatic heterocycles. The van der Waals surface area contributed by atoms with Gasteiger partial charge in [0.05, 0.1) is 7.11 Å². The van der Waals surface area contributed by atoms with Gasteiger partial charge in [-0.05, 0) is 25.0 Å². The Balaban J connectivity index is 3.50. The molecule has 0 aromatic rings. The summed E-state index contributed by atoms with van der Waals surface area (Å²) in [5, 5.41) is 0.876. The van der Waals surface area contributed by atoms with Gasteiger partial charge in [-0.25, -0.2) is 0 Å². The van der Waals surface area contributed by atoms with Crippen LogP contribution in [-0.4, -0.2) is 24.1 Å². The lowest BCUT2D eigenvalue weighted by atomic mass is 10.0. The number of hydrogen-bond donors (Lipinski definition) is 0. The lowest BCUT2D eigenvalue weighted by Crippen LogP contribution is -2.03. The molecule has 0 radical (unpaired) electrons. The number of methoxy groups -OCH3 is 1. The van der Waals surface area contributed by atoms with E-state index < -0.39 is 0 Å². The van der Waals surface area contributed by atoms with Gasteiger partial charge in [-0.15, -0.1) is 0 Å². The molecule has 0 aliphatic rings. The van der Waals surface area contributed by atoms with Crippen LogP contribution in [0, 0.1) is 0 Å². The Morgan fingerprint density at radius 3 is 1.79 bits per heavy atom. The summed E-state index contributed by atoms with van der Waals surface area (Å²) < 4.78 is 4.67. The summed E-state index contributed by atoms with van der Waals surface area (Å²) in [5.41, 5.74) is 0. The maximum Gasteiger partial charge on any atom is 0.305 e. The largest absolute Gasteiger partial charge is 0.469 e. The SMILES string of the molecule is CCCCCCCCCC(CCCCCCCC(=O)OC)SCC. The Kier molecular flexibility index (Phi) is 19.0. The third kappa shape index (κ3) is 16.7. The quantitative estimate of drug-likeness (QED) is 0.192. The smallest absolute Gasteiger partial charge is 0.305 e. The maximum atomic E-state index is 11.0. The van der Waals surface area contributed by atoms with Crippen molar-refractivity contribution >= 4 is 17.7 Å². The van der Waals surface area contributed by atoms with Crippen molar-refractivity contribution in [1.29, 1.82) is 0 Å². The van der Waals surface area contributed by atoms with Crippen molar-refractivity contribution in [3.05, 3.63) is 0 Å². The van der Waals surface area contributed by atoms with Crippen LogP contribution in [0.1, 0.15) is 110 Å². The van der Waals surface area contributed by atoms with Crippen molar-refractivity contribution in [3.8, 4) is 0 Å². The van der Waals surface area contributed by atoms with Crippen LogP contribution in [0.15, 0.2) is 0 Å².